The molecule has 0 N–H and O–H groups in total. The van der Waals surface area contributed by atoms with Crippen molar-refractivity contribution in [2.45, 2.75) is 22.2 Å². The predicted octanol–water partition coefficient (Wildman–Crippen LogP) is 3.90. The highest BCUT2D eigenvalue weighted by Crippen LogP contribution is 2.38. The van der Waals surface area contributed by atoms with Crippen molar-refractivity contribution in [2.75, 3.05) is 0 Å². The van der Waals surface area contributed by atoms with Crippen molar-refractivity contribution in [1.82, 2.24) is 0 Å². The minimum atomic E-state index is -4.23. The smallest absolute Gasteiger partial charge is 0.160 e. The molecule has 0 nitrogen and oxygen atoms in total. The minimum absolute atomic E-state index is 0.107. The first kappa shape index (κ1) is 10.8. The van der Waals surface area contributed by atoms with Crippen molar-refractivity contribution >= 4 is 24.4 Å². The van der Waals surface area contributed by atoms with Gasteiger partial charge in [0, 0.05) is 9.79 Å². The Labute approximate surface area is 83.9 Å². The van der Waals surface area contributed by atoms with E-state index in [0.717, 1.165) is 0 Å². The zero-order chi connectivity index (χ0) is 10.1. The molecule has 13 heavy (non-hydrogen) atoms. The second kappa shape index (κ2) is 3.84. The largest absolute Gasteiger partial charge is 0.446 e. The van der Waals surface area contributed by atoms with Gasteiger partial charge in [0.25, 0.3) is 0 Å². The Morgan fingerprint density at radius 3 is 2.46 bits per heavy atom. The minimum Gasteiger partial charge on any atom is -0.160 e. The van der Waals surface area contributed by atoms with E-state index >= 15 is 0 Å². The Hall–Kier alpha value is -0.290. The molecule has 1 aromatic carbocycles. The summed E-state index contributed by atoms with van der Waals surface area (Å²) in [5.74, 6) is 0. The fourth-order valence-electron chi connectivity index (χ4n) is 0.823. The normalized spacial score (nSPS) is 11.8. The lowest BCUT2D eigenvalue weighted by Crippen LogP contribution is -1.99. The first-order valence-electron chi connectivity index (χ1n) is 3.44. The summed E-state index contributed by atoms with van der Waals surface area (Å²) in [6.07, 6.45) is 0. The molecule has 0 radical (unpaired) electrons. The van der Waals surface area contributed by atoms with E-state index in [9.17, 15) is 13.2 Å². The lowest BCUT2D eigenvalue weighted by molar-refractivity contribution is -0.0328. The van der Waals surface area contributed by atoms with Crippen molar-refractivity contribution < 1.29 is 13.2 Å². The molecule has 1 aromatic rings. The van der Waals surface area contributed by atoms with E-state index in [4.69, 9.17) is 0 Å². The molecule has 0 aliphatic carbocycles. The quantitative estimate of drug-likeness (QED) is 0.557. The van der Waals surface area contributed by atoms with Crippen molar-refractivity contribution in [1.29, 1.82) is 0 Å². The molecule has 0 heterocycles. The fraction of sp³-hybridized carbons (Fsp3) is 0.250. The first-order valence-corrected chi connectivity index (χ1v) is 4.70. The second-order valence-electron chi connectivity index (χ2n) is 2.50. The number of aryl methyl sites for hydroxylation is 1. The zero-order valence-corrected chi connectivity index (χ0v) is 8.43. The molecule has 5 heteroatoms. The standard InChI is InChI=1S/C8H7F3S2/c1-5-2-3-6(12)4-7(5)13-8(9,10)11/h2-4,12H,1H3. The van der Waals surface area contributed by atoms with E-state index in [1.165, 1.54) is 6.07 Å². The van der Waals surface area contributed by atoms with Gasteiger partial charge in [0.2, 0.25) is 0 Å². The number of hydrogen-bond donors (Lipinski definition) is 1. The monoisotopic (exact) mass is 224 g/mol. The van der Waals surface area contributed by atoms with Gasteiger partial charge >= 0.3 is 5.51 Å². The van der Waals surface area contributed by atoms with Crippen LogP contribution in [-0.4, -0.2) is 5.51 Å². The van der Waals surface area contributed by atoms with Crippen molar-refractivity contribution in [3.05, 3.63) is 23.8 Å². The van der Waals surface area contributed by atoms with Gasteiger partial charge in [-0.25, -0.2) is 0 Å². The Kier molecular flexibility index (Phi) is 3.18. The zero-order valence-electron chi connectivity index (χ0n) is 6.72. The molecule has 0 fully saturated rings. The number of rotatable bonds is 1. The third-order valence-corrected chi connectivity index (χ3v) is 2.57. The summed E-state index contributed by atoms with van der Waals surface area (Å²) < 4.78 is 36.0. The number of halogens is 3. The van der Waals surface area contributed by atoms with Crippen molar-refractivity contribution in [3.63, 3.8) is 0 Å². The van der Waals surface area contributed by atoms with E-state index in [-0.39, 0.29) is 16.7 Å². The molecular formula is C8H7F3S2. The summed E-state index contributed by atoms with van der Waals surface area (Å²) in [6.45, 7) is 1.64. The SMILES string of the molecule is Cc1ccc(S)cc1SC(F)(F)F. The van der Waals surface area contributed by atoms with Gasteiger partial charge in [-0.3, -0.25) is 0 Å². The molecule has 0 saturated heterocycles. The van der Waals surface area contributed by atoms with Crippen LogP contribution in [0, 0.1) is 6.92 Å². The molecule has 0 spiro atoms. The number of benzene rings is 1. The van der Waals surface area contributed by atoms with Crippen LogP contribution in [0.15, 0.2) is 28.0 Å². The third-order valence-electron chi connectivity index (χ3n) is 1.40. The van der Waals surface area contributed by atoms with Crippen LogP contribution < -0.4 is 0 Å². The molecule has 0 atom stereocenters. The number of thiol groups is 1. The lowest BCUT2D eigenvalue weighted by atomic mass is 10.2. The molecule has 72 valence electrons. The van der Waals surface area contributed by atoms with Crippen LogP contribution in [0.1, 0.15) is 5.56 Å². The van der Waals surface area contributed by atoms with E-state index in [1.807, 2.05) is 0 Å². The number of thioether (sulfide) groups is 1. The van der Waals surface area contributed by atoms with Gasteiger partial charge < -0.3 is 0 Å². The van der Waals surface area contributed by atoms with Gasteiger partial charge in [-0.1, -0.05) is 6.07 Å². The van der Waals surface area contributed by atoms with Crippen LogP contribution in [0.3, 0.4) is 0 Å². The van der Waals surface area contributed by atoms with Gasteiger partial charge in [0.15, 0.2) is 0 Å². The molecule has 0 aliphatic heterocycles. The molecule has 1 rings (SSSR count). The highest BCUT2D eigenvalue weighted by Gasteiger charge is 2.29. The van der Waals surface area contributed by atoms with Crippen LogP contribution in [0.4, 0.5) is 13.2 Å². The van der Waals surface area contributed by atoms with Crippen LogP contribution in [0.2, 0.25) is 0 Å². The average Bonchev–Trinajstić information content (AvgIpc) is 1.94. The maximum absolute atomic E-state index is 12.0. The van der Waals surface area contributed by atoms with Gasteiger partial charge in [0.05, 0.1) is 0 Å². The first-order chi connectivity index (χ1) is 5.88. The Balaban J connectivity index is 2.94. The Bertz CT molecular complexity index is 307. The van der Waals surface area contributed by atoms with Crippen molar-refractivity contribution in [2.24, 2.45) is 0 Å². The summed E-state index contributed by atoms with van der Waals surface area (Å²) in [4.78, 5) is 0.748. The van der Waals surface area contributed by atoms with Crippen molar-refractivity contribution in [3.8, 4) is 0 Å². The van der Waals surface area contributed by atoms with Gasteiger partial charge in [-0.2, -0.15) is 13.2 Å². The van der Waals surface area contributed by atoms with Crippen LogP contribution in [0.25, 0.3) is 0 Å². The maximum atomic E-state index is 12.0. The Morgan fingerprint density at radius 2 is 1.92 bits per heavy atom. The highest BCUT2D eigenvalue weighted by molar-refractivity contribution is 8.00. The summed E-state index contributed by atoms with van der Waals surface area (Å²) in [6, 6.07) is 4.70. The number of hydrogen-bond acceptors (Lipinski definition) is 2. The summed E-state index contributed by atoms with van der Waals surface area (Å²) in [5, 5.41) is 0. The molecular weight excluding hydrogens is 217 g/mol. The molecule has 0 aromatic heterocycles. The van der Waals surface area contributed by atoms with E-state index < -0.39 is 5.51 Å². The highest BCUT2D eigenvalue weighted by atomic mass is 32.2. The summed E-state index contributed by atoms with van der Waals surface area (Å²) in [5.41, 5.74) is -3.62. The van der Waals surface area contributed by atoms with Gasteiger partial charge in [-0.15, -0.1) is 12.6 Å². The average molecular weight is 224 g/mol. The summed E-state index contributed by atoms with van der Waals surface area (Å²) in [7, 11) is 0. The molecule has 0 unspecified atom stereocenters. The third kappa shape index (κ3) is 3.52. The topological polar surface area (TPSA) is 0 Å². The van der Waals surface area contributed by atoms with E-state index in [1.54, 1.807) is 19.1 Å². The maximum Gasteiger partial charge on any atom is 0.446 e. The van der Waals surface area contributed by atoms with Gasteiger partial charge in [-0.05, 0) is 36.4 Å². The predicted molar refractivity (Wildman–Crippen MR) is 50.3 cm³/mol. The summed E-state index contributed by atoms with van der Waals surface area (Å²) >= 11 is 3.86. The molecule has 0 bridgehead atoms. The molecule has 0 amide bonds. The van der Waals surface area contributed by atoms with Crippen LogP contribution in [-0.2, 0) is 0 Å². The lowest BCUT2D eigenvalue weighted by Gasteiger charge is -2.08. The molecule has 0 aliphatic rings. The fourth-order valence-corrected chi connectivity index (χ4v) is 1.78. The Morgan fingerprint density at radius 1 is 1.31 bits per heavy atom. The molecule has 0 saturated carbocycles. The van der Waals surface area contributed by atoms with Gasteiger partial charge in [0.1, 0.15) is 0 Å². The van der Waals surface area contributed by atoms with E-state index in [2.05, 4.69) is 12.6 Å². The van der Waals surface area contributed by atoms with Crippen LogP contribution >= 0.6 is 24.4 Å². The van der Waals surface area contributed by atoms with E-state index in [0.29, 0.717) is 10.5 Å². The number of alkyl halides is 3. The van der Waals surface area contributed by atoms with Crippen LogP contribution in [0.5, 0.6) is 0 Å². The second-order valence-corrected chi connectivity index (χ2v) is 4.12.